The molecule has 0 saturated heterocycles. The average Bonchev–Trinajstić information content (AvgIpc) is 2.75. The largest absolute Gasteiger partial charge is 0.490 e. The molecule has 0 aliphatic heterocycles. The van der Waals surface area contributed by atoms with Crippen molar-refractivity contribution in [1.82, 2.24) is 10.4 Å². The van der Waals surface area contributed by atoms with Gasteiger partial charge in [0.15, 0.2) is 11.5 Å². The summed E-state index contributed by atoms with van der Waals surface area (Å²) in [4.78, 5) is 16.0. The second kappa shape index (κ2) is 10.9. The molecule has 9 heteroatoms. The van der Waals surface area contributed by atoms with Gasteiger partial charge in [-0.05, 0) is 64.8 Å². The molecule has 0 aliphatic rings. The van der Waals surface area contributed by atoms with Crippen LogP contribution in [0.3, 0.4) is 0 Å². The zero-order valence-electron chi connectivity index (χ0n) is 16.4. The Morgan fingerprint density at radius 2 is 2.03 bits per heavy atom. The van der Waals surface area contributed by atoms with E-state index in [0.717, 1.165) is 0 Å². The molecular weight excluding hydrogens is 489 g/mol. The molecule has 0 saturated carbocycles. The van der Waals surface area contributed by atoms with Crippen LogP contribution in [-0.4, -0.2) is 23.7 Å². The lowest BCUT2D eigenvalue weighted by Crippen LogP contribution is -2.18. The first-order chi connectivity index (χ1) is 15.0. The number of pyridine rings is 1. The Bertz CT molecular complexity index is 1110. The third-order valence-electron chi connectivity index (χ3n) is 4.02. The summed E-state index contributed by atoms with van der Waals surface area (Å²) >= 11 is 9.38. The summed E-state index contributed by atoms with van der Waals surface area (Å²) < 4.78 is 25.5. The van der Waals surface area contributed by atoms with E-state index < -0.39 is 5.91 Å². The number of rotatable bonds is 8. The van der Waals surface area contributed by atoms with Crippen molar-refractivity contribution in [1.29, 1.82) is 0 Å². The van der Waals surface area contributed by atoms with Crippen LogP contribution in [0.1, 0.15) is 28.4 Å². The first kappa shape index (κ1) is 22.7. The molecule has 3 aromatic rings. The van der Waals surface area contributed by atoms with Gasteiger partial charge in [-0.3, -0.25) is 4.79 Å². The first-order valence-corrected chi connectivity index (χ1v) is 10.4. The van der Waals surface area contributed by atoms with Gasteiger partial charge in [0.05, 0.1) is 18.4 Å². The zero-order valence-corrected chi connectivity index (χ0v) is 18.8. The van der Waals surface area contributed by atoms with Crippen molar-refractivity contribution in [3.05, 3.63) is 86.9 Å². The van der Waals surface area contributed by atoms with Crippen molar-refractivity contribution in [3.8, 4) is 11.5 Å². The van der Waals surface area contributed by atoms with Crippen LogP contribution in [0.25, 0.3) is 0 Å². The van der Waals surface area contributed by atoms with Crippen molar-refractivity contribution < 1.29 is 18.7 Å². The molecule has 1 amide bonds. The molecule has 0 atom stereocenters. The topological polar surface area (TPSA) is 72.8 Å². The number of ether oxygens (including phenoxy) is 2. The fraction of sp³-hybridized carbons (Fsp3) is 0.136. The number of hydrogen-bond donors (Lipinski definition) is 1. The highest BCUT2D eigenvalue weighted by atomic mass is 79.9. The number of nitrogens with one attached hydrogen (secondary N) is 1. The number of amides is 1. The summed E-state index contributed by atoms with van der Waals surface area (Å²) in [6.07, 6.45) is 2.96. The molecule has 0 aliphatic carbocycles. The van der Waals surface area contributed by atoms with Crippen molar-refractivity contribution in [2.75, 3.05) is 6.61 Å². The molecular formula is C22H18BrClFN3O3. The summed E-state index contributed by atoms with van der Waals surface area (Å²) in [6.45, 7) is 2.45. The lowest BCUT2D eigenvalue weighted by molar-refractivity contribution is 0.0955. The molecule has 1 heterocycles. The Kier molecular flexibility index (Phi) is 7.97. The predicted molar refractivity (Wildman–Crippen MR) is 120 cm³/mol. The zero-order chi connectivity index (χ0) is 22.2. The van der Waals surface area contributed by atoms with E-state index in [-0.39, 0.29) is 23.1 Å². The van der Waals surface area contributed by atoms with Gasteiger partial charge in [0.1, 0.15) is 17.6 Å². The third kappa shape index (κ3) is 6.26. The number of carbonyl (C=O) groups is 1. The van der Waals surface area contributed by atoms with Gasteiger partial charge in [-0.15, -0.1) is 0 Å². The Morgan fingerprint density at radius 1 is 1.23 bits per heavy atom. The maximum absolute atomic E-state index is 13.4. The van der Waals surface area contributed by atoms with E-state index in [4.69, 9.17) is 21.1 Å². The minimum Gasteiger partial charge on any atom is -0.490 e. The number of benzene rings is 2. The van der Waals surface area contributed by atoms with E-state index in [1.54, 1.807) is 36.4 Å². The van der Waals surface area contributed by atoms with Crippen molar-refractivity contribution in [2.45, 2.75) is 13.5 Å². The second-order valence-corrected chi connectivity index (χ2v) is 7.43. The summed E-state index contributed by atoms with van der Waals surface area (Å²) in [6, 6.07) is 12.8. The van der Waals surface area contributed by atoms with Gasteiger partial charge in [-0.25, -0.2) is 14.8 Å². The summed E-state index contributed by atoms with van der Waals surface area (Å²) in [5, 5.41) is 4.07. The van der Waals surface area contributed by atoms with Crippen LogP contribution in [-0.2, 0) is 6.61 Å². The number of aromatic nitrogens is 1. The predicted octanol–water partition coefficient (Wildman–Crippen LogP) is 5.38. The number of hydrazone groups is 1. The monoisotopic (exact) mass is 505 g/mol. The fourth-order valence-corrected chi connectivity index (χ4v) is 3.22. The van der Waals surface area contributed by atoms with E-state index in [1.165, 1.54) is 24.5 Å². The molecule has 0 radical (unpaired) electrons. The van der Waals surface area contributed by atoms with E-state index in [1.807, 2.05) is 6.92 Å². The van der Waals surface area contributed by atoms with E-state index in [9.17, 15) is 9.18 Å². The molecule has 2 aromatic carbocycles. The lowest BCUT2D eigenvalue weighted by Gasteiger charge is -2.14. The quantitative estimate of drug-likeness (QED) is 0.253. The van der Waals surface area contributed by atoms with Crippen LogP contribution in [0.5, 0.6) is 11.5 Å². The molecule has 0 fully saturated rings. The maximum atomic E-state index is 13.4. The van der Waals surface area contributed by atoms with Crippen LogP contribution < -0.4 is 14.9 Å². The molecule has 0 spiro atoms. The highest BCUT2D eigenvalue weighted by Gasteiger charge is 2.12. The van der Waals surface area contributed by atoms with Crippen LogP contribution in [0.2, 0.25) is 5.15 Å². The summed E-state index contributed by atoms with van der Waals surface area (Å²) in [5.74, 6) is 0.172. The van der Waals surface area contributed by atoms with Gasteiger partial charge in [-0.1, -0.05) is 23.7 Å². The average molecular weight is 507 g/mol. The Morgan fingerprint density at radius 3 is 2.77 bits per heavy atom. The minimum atomic E-state index is -0.481. The van der Waals surface area contributed by atoms with Crippen molar-refractivity contribution in [2.24, 2.45) is 5.10 Å². The van der Waals surface area contributed by atoms with Gasteiger partial charge in [-0.2, -0.15) is 5.10 Å². The number of hydrogen-bond acceptors (Lipinski definition) is 5. The Hall–Kier alpha value is -2.97. The highest BCUT2D eigenvalue weighted by Crippen LogP contribution is 2.34. The molecule has 1 aromatic heterocycles. The smallest absolute Gasteiger partial charge is 0.274 e. The number of nitrogens with zero attached hydrogens (tertiary/aromatic N) is 2. The third-order valence-corrected chi connectivity index (χ3v) is 5.01. The van der Waals surface area contributed by atoms with E-state index >= 15 is 0 Å². The minimum absolute atomic E-state index is 0.0924. The van der Waals surface area contributed by atoms with Crippen molar-refractivity contribution >= 4 is 39.7 Å². The number of halogens is 3. The van der Waals surface area contributed by atoms with Gasteiger partial charge in [0, 0.05) is 16.2 Å². The highest BCUT2D eigenvalue weighted by molar-refractivity contribution is 9.10. The Labute approximate surface area is 192 Å². The second-order valence-electron chi connectivity index (χ2n) is 6.21. The Balaban J connectivity index is 1.73. The van der Waals surface area contributed by atoms with Crippen molar-refractivity contribution in [3.63, 3.8) is 0 Å². The number of carbonyl (C=O) groups excluding carboxylic acids is 1. The standard InChI is InChI=1S/C22H18BrClFN3O3/c1-2-30-19-10-15(12-27-28-22(29)17-7-4-8-26-21(17)24)18(23)11-20(19)31-13-14-5-3-6-16(25)9-14/h3-12H,2,13H2,1H3,(H,28,29). The van der Waals surface area contributed by atoms with Gasteiger partial charge < -0.3 is 9.47 Å². The van der Waals surface area contributed by atoms with E-state index in [0.29, 0.717) is 33.7 Å². The summed E-state index contributed by atoms with van der Waals surface area (Å²) in [5.41, 5.74) is 3.98. The van der Waals surface area contributed by atoms with Crippen LogP contribution in [0.4, 0.5) is 4.39 Å². The van der Waals surface area contributed by atoms with Gasteiger partial charge in [0.25, 0.3) is 5.91 Å². The molecule has 0 bridgehead atoms. The van der Waals surface area contributed by atoms with Crippen LogP contribution >= 0.6 is 27.5 Å². The SMILES string of the molecule is CCOc1cc(C=NNC(=O)c2cccnc2Cl)c(Br)cc1OCc1cccc(F)c1. The lowest BCUT2D eigenvalue weighted by atomic mass is 10.2. The fourth-order valence-electron chi connectivity index (χ4n) is 2.59. The first-order valence-electron chi connectivity index (χ1n) is 9.25. The molecule has 0 unspecified atom stereocenters. The normalized spacial score (nSPS) is 10.8. The molecule has 1 N–H and O–H groups in total. The molecule has 31 heavy (non-hydrogen) atoms. The molecule has 6 nitrogen and oxygen atoms in total. The maximum Gasteiger partial charge on any atom is 0.274 e. The van der Waals surface area contributed by atoms with Gasteiger partial charge in [0.2, 0.25) is 0 Å². The van der Waals surface area contributed by atoms with Gasteiger partial charge >= 0.3 is 0 Å². The van der Waals surface area contributed by atoms with Crippen LogP contribution in [0, 0.1) is 5.82 Å². The van der Waals surface area contributed by atoms with E-state index in [2.05, 4.69) is 31.4 Å². The molecule has 160 valence electrons. The van der Waals surface area contributed by atoms with Crippen LogP contribution in [0.15, 0.2) is 64.3 Å². The molecule has 3 rings (SSSR count). The summed E-state index contributed by atoms with van der Waals surface area (Å²) in [7, 11) is 0.